The first kappa shape index (κ1) is 17.5. The van der Waals surface area contributed by atoms with Crippen molar-refractivity contribution < 1.29 is 9.18 Å². The van der Waals surface area contributed by atoms with Crippen LogP contribution in [0.5, 0.6) is 0 Å². The largest absolute Gasteiger partial charge is 0.321 e. The fraction of sp³-hybridized carbons (Fsp3) is 0.105. The number of nitrogens with zero attached hydrogens (tertiary/aromatic N) is 6. The number of amides is 1. The fourth-order valence-corrected chi connectivity index (χ4v) is 2.81. The normalized spacial score (nSPS) is 10.8. The molecule has 0 spiro atoms. The SMILES string of the molecule is Cc1cnnn1-c1ccc(NC(=O)c2nnn(-c3ccccc3F)c2C)cc1. The summed E-state index contributed by atoms with van der Waals surface area (Å²) < 4.78 is 17.0. The van der Waals surface area contributed by atoms with E-state index in [0.717, 1.165) is 11.4 Å². The second-order valence-corrected chi connectivity index (χ2v) is 6.17. The van der Waals surface area contributed by atoms with Gasteiger partial charge in [0, 0.05) is 5.69 Å². The average Bonchev–Trinajstić information content (AvgIpc) is 3.28. The number of anilines is 1. The summed E-state index contributed by atoms with van der Waals surface area (Å²) in [6.07, 6.45) is 1.66. The molecular formula is C19H16FN7O. The van der Waals surface area contributed by atoms with Crippen LogP contribution in [0.25, 0.3) is 11.4 Å². The molecule has 1 N–H and O–H groups in total. The number of hydrogen-bond acceptors (Lipinski definition) is 5. The van der Waals surface area contributed by atoms with Gasteiger partial charge < -0.3 is 5.32 Å². The van der Waals surface area contributed by atoms with Crippen molar-refractivity contribution in [3.63, 3.8) is 0 Å². The van der Waals surface area contributed by atoms with Crippen LogP contribution in [0.2, 0.25) is 0 Å². The molecule has 2 aromatic carbocycles. The number of benzene rings is 2. The Balaban J connectivity index is 1.55. The van der Waals surface area contributed by atoms with Crippen LogP contribution in [0, 0.1) is 19.7 Å². The van der Waals surface area contributed by atoms with E-state index in [9.17, 15) is 9.18 Å². The van der Waals surface area contributed by atoms with Crippen LogP contribution in [0.3, 0.4) is 0 Å². The minimum absolute atomic E-state index is 0.124. The molecule has 0 unspecified atom stereocenters. The monoisotopic (exact) mass is 377 g/mol. The Hall–Kier alpha value is -3.88. The van der Waals surface area contributed by atoms with Gasteiger partial charge in [0.2, 0.25) is 0 Å². The number of rotatable bonds is 4. The van der Waals surface area contributed by atoms with Gasteiger partial charge in [-0.05, 0) is 50.2 Å². The van der Waals surface area contributed by atoms with Crippen LogP contribution in [-0.2, 0) is 0 Å². The molecule has 28 heavy (non-hydrogen) atoms. The minimum atomic E-state index is -0.443. The molecule has 0 aliphatic carbocycles. The molecule has 4 rings (SSSR count). The summed E-state index contributed by atoms with van der Waals surface area (Å²) in [6, 6.07) is 13.3. The molecular weight excluding hydrogens is 361 g/mol. The number of halogens is 1. The summed E-state index contributed by atoms with van der Waals surface area (Å²) in [5.74, 6) is -0.869. The number of carbonyl (C=O) groups is 1. The lowest BCUT2D eigenvalue weighted by Crippen LogP contribution is -2.14. The Kier molecular flexibility index (Phi) is 4.40. The van der Waals surface area contributed by atoms with E-state index in [1.165, 1.54) is 10.7 Å². The molecule has 0 bridgehead atoms. The molecule has 4 aromatic rings. The molecule has 0 aliphatic rings. The lowest BCUT2D eigenvalue weighted by molar-refractivity contribution is 0.102. The lowest BCUT2D eigenvalue weighted by atomic mass is 10.2. The molecule has 8 nitrogen and oxygen atoms in total. The highest BCUT2D eigenvalue weighted by molar-refractivity contribution is 6.03. The van der Waals surface area contributed by atoms with Gasteiger partial charge >= 0.3 is 0 Å². The second kappa shape index (κ2) is 7.03. The molecule has 2 aromatic heterocycles. The molecule has 1 amide bonds. The zero-order valence-electron chi connectivity index (χ0n) is 15.2. The number of aryl methyl sites for hydroxylation is 1. The smallest absolute Gasteiger partial charge is 0.278 e. The van der Waals surface area contributed by atoms with Gasteiger partial charge in [-0.25, -0.2) is 13.8 Å². The van der Waals surface area contributed by atoms with Crippen LogP contribution in [0.1, 0.15) is 21.9 Å². The third-order valence-electron chi connectivity index (χ3n) is 4.28. The van der Waals surface area contributed by atoms with Gasteiger partial charge in [0.1, 0.15) is 11.5 Å². The third kappa shape index (κ3) is 3.13. The van der Waals surface area contributed by atoms with Crippen molar-refractivity contribution in [1.82, 2.24) is 30.0 Å². The van der Waals surface area contributed by atoms with Gasteiger partial charge in [0.25, 0.3) is 5.91 Å². The summed E-state index contributed by atoms with van der Waals surface area (Å²) in [5.41, 5.74) is 3.12. The van der Waals surface area contributed by atoms with Crippen molar-refractivity contribution in [1.29, 1.82) is 0 Å². The van der Waals surface area contributed by atoms with Crippen LogP contribution in [0.15, 0.2) is 54.7 Å². The van der Waals surface area contributed by atoms with E-state index >= 15 is 0 Å². The molecule has 0 atom stereocenters. The van der Waals surface area contributed by atoms with Crippen molar-refractivity contribution in [2.24, 2.45) is 0 Å². The van der Waals surface area contributed by atoms with E-state index in [2.05, 4.69) is 25.9 Å². The summed E-state index contributed by atoms with van der Waals surface area (Å²) in [5, 5.41) is 18.4. The number of carbonyl (C=O) groups excluding carboxylic acids is 1. The van der Waals surface area contributed by atoms with E-state index in [1.54, 1.807) is 48.1 Å². The van der Waals surface area contributed by atoms with E-state index < -0.39 is 11.7 Å². The van der Waals surface area contributed by atoms with Crippen molar-refractivity contribution in [3.8, 4) is 11.4 Å². The van der Waals surface area contributed by atoms with Crippen molar-refractivity contribution in [3.05, 3.63) is 77.6 Å². The molecule has 140 valence electrons. The summed E-state index contributed by atoms with van der Waals surface area (Å²) >= 11 is 0. The average molecular weight is 377 g/mol. The van der Waals surface area contributed by atoms with E-state index in [4.69, 9.17) is 0 Å². The molecule has 0 fully saturated rings. The lowest BCUT2D eigenvalue weighted by Gasteiger charge is -2.07. The van der Waals surface area contributed by atoms with Gasteiger partial charge in [-0.3, -0.25) is 4.79 Å². The maximum Gasteiger partial charge on any atom is 0.278 e. The number of aromatic nitrogens is 6. The van der Waals surface area contributed by atoms with Gasteiger partial charge in [-0.1, -0.05) is 22.6 Å². The van der Waals surface area contributed by atoms with Crippen LogP contribution in [0.4, 0.5) is 10.1 Å². The minimum Gasteiger partial charge on any atom is -0.321 e. The Morgan fingerprint density at radius 1 is 1.00 bits per heavy atom. The van der Waals surface area contributed by atoms with Gasteiger partial charge in [-0.15, -0.1) is 10.2 Å². The highest BCUT2D eigenvalue weighted by atomic mass is 19.1. The topological polar surface area (TPSA) is 90.5 Å². The molecule has 2 heterocycles. The van der Waals surface area contributed by atoms with Crippen molar-refractivity contribution in [2.45, 2.75) is 13.8 Å². The molecule has 0 saturated heterocycles. The Morgan fingerprint density at radius 2 is 1.75 bits per heavy atom. The Labute approximate surface area is 159 Å². The zero-order chi connectivity index (χ0) is 19.7. The fourth-order valence-electron chi connectivity index (χ4n) is 2.81. The number of para-hydroxylation sites is 1. The maximum absolute atomic E-state index is 14.0. The van der Waals surface area contributed by atoms with E-state index in [1.807, 2.05) is 19.1 Å². The van der Waals surface area contributed by atoms with Crippen molar-refractivity contribution >= 4 is 11.6 Å². The van der Waals surface area contributed by atoms with Crippen LogP contribution in [-0.4, -0.2) is 35.9 Å². The Bertz CT molecular complexity index is 1150. The number of nitrogens with one attached hydrogen (secondary N) is 1. The van der Waals surface area contributed by atoms with Gasteiger partial charge in [-0.2, -0.15) is 0 Å². The standard InChI is InChI=1S/C19H16FN7O/c1-12-11-21-24-26(12)15-9-7-14(8-10-15)22-19(28)18-13(2)27(25-23-18)17-6-4-3-5-16(17)20/h3-11H,1-2H3,(H,22,28). The first-order valence-electron chi connectivity index (χ1n) is 8.51. The first-order valence-corrected chi connectivity index (χ1v) is 8.51. The van der Waals surface area contributed by atoms with E-state index in [0.29, 0.717) is 11.4 Å². The first-order chi connectivity index (χ1) is 13.5. The number of hydrogen-bond donors (Lipinski definition) is 1. The van der Waals surface area contributed by atoms with E-state index in [-0.39, 0.29) is 11.4 Å². The van der Waals surface area contributed by atoms with Crippen molar-refractivity contribution in [2.75, 3.05) is 5.32 Å². The molecule has 0 saturated carbocycles. The summed E-state index contributed by atoms with van der Waals surface area (Å²) in [7, 11) is 0. The second-order valence-electron chi connectivity index (χ2n) is 6.17. The van der Waals surface area contributed by atoms with Crippen LogP contribution < -0.4 is 5.32 Å². The quantitative estimate of drug-likeness (QED) is 0.591. The maximum atomic E-state index is 14.0. The molecule has 0 aliphatic heterocycles. The zero-order valence-corrected chi connectivity index (χ0v) is 15.2. The molecule has 9 heteroatoms. The highest BCUT2D eigenvalue weighted by Crippen LogP contribution is 2.18. The third-order valence-corrected chi connectivity index (χ3v) is 4.28. The van der Waals surface area contributed by atoms with Gasteiger partial charge in [0.05, 0.1) is 23.3 Å². The van der Waals surface area contributed by atoms with Gasteiger partial charge in [0.15, 0.2) is 5.69 Å². The predicted octanol–water partition coefficient (Wildman–Crippen LogP) is 2.86. The predicted molar refractivity (Wildman–Crippen MR) is 100 cm³/mol. The van der Waals surface area contributed by atoms with Crippen LogP contribution >= 0.6 is 0 Å². The summed E-state index contributed by atoms with van der Waals surface area (Å²) in [6.45, 7) is 3.56. The summed E-state index contributed by atoms with van der Waals surface area (Å²) in [4.78, 5) is 12.6. The highest BCUT2D eigenvalue weighted by Gasteiger charge is 2.19. The molecule has 0 radical (unpaired) electrons. The Morgan fingerprint density at radius 3 is 2.43 bits per heavy atom.